The largest absolute Gasteiger partial charge is 0.279 e. The van der Waals surface area contributed by atoms with Crippen molar-refractivity contribution in [3.63, 3.8) is 0 Å². The first-order valence-electron chi connectivity index (χ1n) is 6.13. The quantitative estimate of drug-likeness (QED) is 0.877. The van der Waals surface area contributed by atoms with Gasteiger partial charge in [-0.3, -0.25) is 4.72 Å². The number of halogens is 1. The zero-order chi connectivity index (χ0) is 14.8. The Morgan fingerprint density at radius 1 is 1.15 bits per heavy atom. The van der Waals surface area contributed by atoms with Crippen LogP contribution in [0.5, 0.6) is 0 Å². The van der Waals surface area contributed by atoms with Crippen molar-refractivity contribution < 1.29 is 8.42 Å². The molecular weight excluding hydrogens is 296 g/mol. The second kappa shape index (κ2) is 5.81. The summed E-state index contributed by atoms with van der Waals surface area (Å²) in [5.41, 5.74) is 1.48. The van der Waals surface area contributed by atoms with Gasteiger partial charge in [0, 0.05) is 6.20 Å². The topological polar surface area (TPSA) is 59.1 Å². The fourth-order valence-corrected chi connectivity index (χ4v) is 2.94. The van der Waals surface area contributed by atoms with Crippen molar-refractivity contribution in [1.29, 1.82) is 0 Å². The molecule has 1 heterocycles. The van der Waals surface area contributed by atoms with Crippen LogP contribution in [-0.4, -0.2) is 13.4 Å². The molecule has 2 rings (SSSR count). The molecule has 0 aliphatic rings. The monoisotopic (exact) mass is 310 g/mol. The minimum atomic E-state index is -3.61. The fraction of sp³-hybridized carbons (Fsp3) is 0.214. The highest BCUT2D eigenvalue weighted by Gasteiger charge is 2.14. The van der Waals surface area contributed by atoms with Gasteiger partial charge in [-0.05, 0) is 35.7 Å². The lowest BCUT2D eigenvalue weighted by atomic mass is 10.0. The molecule has 0 bridgehead atoms. The number of sulfonamides is 1. The highest BCUT2D eigenvalue weighted by atomic mass is 35.5. The number of anilines is 1. The van der Waals surface area contributed by atoms with Gasteiger partial charge in [0.15, 0.2) is 0 Å². The Morgan fingerprint density at radius 3 is 2.35 bits per heavy atom. The van der Waals surface area contributed by atoms with Crippen molar-refractivity contribution in [2.24, 2.45) is 0 Å². The number of hydrogen-bond donors (Lipinski definition) is 1. The summed E-state index contributed by atoms with van der Waals surface area (Å²) in [7, 11) is -3.61. The first-order chi connectivity index (χ1) is 9.38. The van der Waals surface area contributed by atoms with E-state index in [0.717, 1.165) is 5.56 Å². The van der Waals surface area contributed by atoms with Crippen molar-refractivity contribution in [2.45, 2.75) is 24.7 Å². The molecule has 0 spiro atoms. The predicted molar refractivity (Wildman–Crippen MR) is 80.6 cm³/mol. The van der Waals surface area contributed by atoms with E-state index in [1.54, 1.807) is 18.2 Å². The third-order valence-electron chi connectivity index (χ3n) is 2.84. The molecule has 20 heavy (non-hydrogen) atoms. The Kier molecular flexibility index (Phi) is 4.30. The van der Waals surface area contributed by atoms with Gasteiger partial charge in [0.1, 0.15) is 5.15 Å². The maximum Gasteiger partial charge on any atom is 0.261 e. The van der Waals surface area contributed by atoms with Gasteiger partial charge in [-0.2, -0.15) is 0 Å². The van der Waals surface area contributed by atoms with Crippen LogP contribution in [-0.2, 0) is 10.0 Å². The van der Waals surface area contributed by atoms with Gasteiger partial charge in [0.2, 0.25) is 0 Å². The van der Waals surface area contributed by atoms with E-state index in [2.05, 4.69) is 23.6 Å². The van der Waals surface area contributed by atoms with E-state index >= 15 is 0 Å². The van der Waals surface area contributed by atoms with E-state index in [0.29, 0.717) is 11.6 Å². The number of pyridine rings is 1. The summed E-state index contributed by atoms with van der Waals surface area (Å²) in [5.74, 6) is 0.360. The van der Waals surface area contributed by atoms with Crippen molar-refractivity contribution in [3.8, 4) is 0 Å². The lowest BCUT2D eigenvalue weighted by molar-refractivity contribution is 0.601. The standard InChI is InChI=1S/C14H15ClN2O2S/c1-10(2)11-3-5-13(6-4-11)20(18,19)17-12-7-8-16-14(15)9-12/h3-10H,1-2H3,(H,16,17). The lowest BCUT2D eigenvalue weighted by Gasteiger charge is -2.10. The highest BCUT2D eigenvalue weighted by Crippen LogP contribution is 2.20. The summed E-state index contributed by atoms with van der Waals surface area (Å²) in [6.07, 6.45) is 1.45. The van der Waals surface area contributed by atoms with Crippen LogP contribution in [0.1, 0.15) is 25.3 Å². The van der Waals surface area contributed by atoms with E-state index in [-0.39, 0.29) is 10.0 Å². The molecule has 4 nitrogen and oxygen atoms in total. The third-order valence-corrected chi connectivity index (χ3v) is 4.44. The Balaban J connectivity index is 2.26. The third kappa shape index (κ3) is 3.49. The molecule has 1 aromatic heterocycles. The molecule has 0 amide bonds. The Labute approximate surface area is 123 Å². The Bertz CT molecular complexity index is 697. The van der Waals surface area contributed by atoms with Crippen LogP contribution in [0.2, 0.25) is 5.15 Å². The van der Waals surface area contributed by atoms with Crippen LogP contribution in [0, 0.1) is 0 Å². The number of aromatic nitrogens is 1. The smallest absolute Gasteiger partial charge is 0.261 e. The molecule has 1 N–H and O–H groups in total. The summed E-state index contributed by atoms with van der Waals surface area (Å²) >= 11 is 5.73. The molecule has 2 aromatic rings. The number of benzene rings is 1. The summed E-state index contributed by atoms with van der Waals surface area (Å²) in [6, 6.07) is 9.84. The van der Waals surface area contributed by atoms with E-state index in [1.807, 2.05) is 12.1 Å². The first kappa shape index (κ1) is 14.8. The normalized spacial score (nSPS) is 11.6. The number of nitrogens with zero attached hydrogens (tertiary/aromatic N) is 1. The van der Waals surface area contributed by atoms with Crippen molar-refractivity contribution in [3.05, 3.63) is 53.3 Å². The molecule has 0 aliphatic carbocycles. The average molecular weight is 311 g/mol. The number of hydrogen-bond acceptors (Lipinski definition) is 3. The second-order valence-electron chi connectivity index (χ2n) is 4.70. The van der Waals surface area contributed by atoms with E-state index in [1.165, 1.54) is 12.3 Å². The maximum atomic E-state index is 12.2. The molecule has 1 aromatic carbocycles. The maximum absolute atomic E-state index is 12.2. The average Bonchev–Trinajstić information content (AvgIpc) is 2.38. The Hall–Kier alpha value is -1.59. The molecule has 6 heteroatoms. The van der Waals surface area contributed by atoms with Gasteiger partial charge >= 0.3 is 0 Å². The zero-order valence-corrected chi connectivity index (χ0v) is 12.7. The highest BCUT2D eigenvalue weighted by molar-refractivity contribution is 7.92. The molecule has 0 aliphatic heterocycles. The summed E-state index contributed by atoms with van der Waals surface area (Å²) in [4.78, 5) is 4.02. The van der Waals surface area contributed by atoms with Gasteiger partial charge in [-0.25, -0.2) is 13.4 Å². The summed E-state index contributed by atoms with van der Waals surface area (Å²) in [5, 5.41) is 0.236. The van der Waals surface area contributed by atoms with Crippen LogP contribution >= 0.6 is 11.6 Å². The molecule has 0 atom stereocenters. The molecule has 106 valence electrons. The van der Waals surface area contributed by atoms with Gasteiger partial charge in [-0.1, -0.05) is 37.6 Å². The number of nitrogens with one attached hydrogen (secondary N) is 1. The van der Waals surface area contributed by atoms with Crippen LogP contribution in [0.3, 0.4) is 0 Å². The minimum Gasteiger partial charge on any atom is -0.279 e. The fourth-order valence-electron chi connectivity index (χ4n) is 1.71. The first-order valence-corrected chi connectivity index (χ1v) is 7.99. The van der Waals surface area contributed by atoms with Gasteiger partial charge in [0.25, 0.3) is 10.0 Å². The summed E-state index contributed by atoms with van der Waals surface area (Å²) < 4.78 is 26.9. The molecular formula is C14H15ClN2O2S. The minimum absolute atomic E-state index is 0.217. The van der Waals surface area contributed by atoms with Crippen molar-refractivity contribution in [1.82, 2.24) is 4.98 Å². The summed E-state index contributed by atoms with van der Waals surface area (Å²) in [6.45, 7) is 4.11. The Morgan fingerprint density at radius 2 is 1.80 bits per heavy atom. The van der Waals surface area contributed by atoms with Crippen molar-refractivity contribution >= 4 is 27.3 Å². The van der Waals surface area contributed by atoms with Crippen molar-refractivity contribution in [2.75, 3.05) is 4.72 Å². The predicted octanol–water partition coefficient (Wildman–Crippen LogP) is 3.66. The van der Waals surface area contributed by atoms with Gasteiger partial charge in [-0.15, -0.1) is 0 Å². The van der Waals surface area contributed by atoms with Crippen LogP contribution in [0.4, 0.5) is 5.69 Å². The van der Waals surface area contributed by atoms with Crippen LogP contribution < -0.4 is 4.72 Å². The molecule has 0 saturated heterocycles. The van der Waals surface area contributed by atoms with Crippen LogP contribution in [0.15, 0.2) is 47.5 Å². The molecule has 0 saturated carbocycles. The van der Waals surface area contributed by atoms with E-state index in [9.17, 15) is 8.42 Å². The number of rotatable bonds is 4. The SMILES string of the molecule is CC(C)c1ccc(S(=O)(=O)Nc2ccnc(Cl)c2)cc1. The van der Waals surface area contributed by atoms with Crippen LogP contribution in [0.25, 0.3) is 0 Å². The molecule has 0 unspecified atom stereocenters. The molecule has 0 radical (unpaired) electrons. The van der Waals surface area contributed by atoms with Gasteiger partial charge < -0.3 is 0 Å². The van der Waals surface area contributed by atoms with Gasteiger partial charge in [0.05, 0.1) is 10.6 Å². The molecule has 0 fully saturated rings. The zero-order valence-electron chi connectivity index (χ0n) is 11.2. The van der Waals surface area contributed by atoms with E-state index < -0.39 is 10.0 Å². The second-order valence-corrected chi connectivity index (χ2v) is 6.77. The van der Waals surface area contributed by atoms with E-state index in [4.69, 9.17) is 11.6 Å². The lowest BCUT2D eigenvalue weighted by Crippen LogP contribution is -2.13.